The largest absolute Gasteiger partial charge is 0.379 e. The topological polar surface area (TPSA) is 74.4 Å². The standard InChI is InChI=1S/C17H19Cl2N3O3/c18-11-8-12(19)16-13(9-11)21-14(10-15(16)23)17(24)20-2-1-3-22-4-6-25-7-5-22/h8-10H,1-7H2,(H,20,24)(H,21,23). The van der Waals surface area contributed by atoms with Crippen molar-refractivity contribution in [2.24, 2.45) is 0 Å². The summed E-state index contributed by atoms with van der Waals surface area (Å²) in [6.45, 7) is 4.81. The molecule has 1 fully saturated rings. The smallest absolute Gasteiger partial charge is 0.267 e. The van der Waals surface area contributed by atoms with Gasteiger partial charge in [0.15, 0.2) is 5.43 Å². The van der Waals surface area contributed by atoms with Crippen LogP contribution >= 0.6 is 23.2 Å². The molecule has 6 nitrogen and oxygen atoms in total. The number of benzene rings is 1. The SMILES string of the molecule is O=C(NCCCN1CCOCC1)c1cc(=O)c2c(Cl)cc(Cl)cc2[nH]1. The molecule has 0 atom stereocenters. The molecule has 1 aromatic heterocycles. The molecule has 3 rings (SSSR count). The number of H-pyrrole nitrogens is 1. The minimum atomic E-state index is -0.322. The molecule has 2 N–H and O–H groups in total. The maximum atomic E-state index is 12.3. The lowest BCUT2D eigenvalue weighted by Gasteiger charge is -2.26. The number of aromatic amines is 1. The van der Waals surface area contributed by atoms with Crippen molar-refractivity contribution in [2.45, 2.75) is 6.42 Å². The maximum Gasteiger partial charge on any atom is 0.267 e. The number of ether oxygens (including phenoxy) is 1. The van der Waals surface area contributed by atoms with Gasteiger partial charge >= 0.3 is 0 Å². The Morgan fingerprint density at radius 2 is 2.00 bits per heavy atom. The van der Waals surface area contributed by atoms with Crippen molar-refractivity contribution in [2.75, 3.05) is 39.4 Å². The highest BCUT2D eigenvalue weighted by molar-refractivity contribution is 6.38. The first-order valence-electron chi connectivity index (χ1n) is 8.15. The van der Waals surface area contributed by atoms with E-state index in [1.807, 2.05) is 0 Å². The molecule has 8 heteroatoms. The highest BCUT2D eigenvalue weighted by Crippen LogP contribution is 2.24. The van der Waals surface area contributed by atoms with Crippen molar-refractivity contribution in [3.05, 3.63) is 44.2 Å². The Hall–Kier alpha value is -1.60. The van der Waals surface area contributed by atoms with E-state index in [0.717, 1.165) is 39.3 Å². The van der Waals surface area contributed by atoms with E-state index >= 15 is 0 Å². The molecule has 1 amide bonds. The average molecular weight is 384 g/mol. The van der Waals surface area contributed by atoms with Crippen molar-refractivity contribution < 1.29 is 9.53 Å². The summed E-state index contributed by atoms with van der Waals surface area (Å²) in [5.41, 5.74) is 0.333. The van der Waals surface area contributed by atoms with Gasteiger partial charge in [0, 0.05) is 30.7 Å². The number of hydrogen-bond donors (Lipinski definition) is 2. The molecule has 1 aliphatic rings. The van der Waals surface area contributed by atoms with Crippen LogP contribution in [0.5, 0.6) is 0 Å². The minimum absolute atomic E-state index is 0.196. The molecule has 0 saturated carbocycles. The molecule has 2 heterocycles. The van der Waals surface area contributed by atoms with Crippen molar-refractivity contribution >= 4 is 40.0 Å². The molecule has 1 aliphatic heterocycles. The fourth-order valence-corrected chi connectivity index (χ4v) is 3.44. The molecule has 25 heavy (non-hydrogen) atoms. The predicted molar refractivity (Wildman–Crippen MR) is 98.8 cm³/mol. The summed E-state index contributed by atoms with van der Waals surface area (Å²) in [7, 11) is 0. The van der Waals surface area contributed by atoms with E-state index in [2.05, 4.69) is 15.2 Å². The second-order valence-electron chi connectivity index (χ2n) is 5.92. The van der Waals surface area contributed by atoms with Crippen LogP contribution in [-0.4, -0.2) is 55.2 Å². The van der Waals surface area contributed by atoms with Crippen LogP contribution in [0.15, 0.2) is 23.0 Å². The Morgan fingerprint density at radius 3 is 2.76 bits per heavy atom. The van der Waals surface area contributed by atoms with Crippen LogP contribution in [0, 0.1) is 0 Å². The van der Waals surface area contributed by atoms with E-state index in [1.54, 1.807) is 6.07 Å². The number of carbonyl (C=O) groups excluding carboxylic acids is 1. The molecule has 1 aromatic carbocycles. The van der Waals surface area contributed by atoms with Crippen LogP contribution in [-0.2, 0) is 4.74 Å². The third kappa shape index (κ3) is 4.52. The van der Waals surface area contributed by atoms with E-state index in [9.17, 15) is 9.59 Å². The molecule has 134 valence electrons. The van der Waals surface area contributed by atoms with Crippen LogP contribution in [0.4, 0.5) is 0 Å². The lowest BCUT2D eigenvalue weighted by Crippen LogP contribution is -2.38. The Kier molecular flexibility index (Phi) is 5.96. The summed E-state index contributed by atoms with van der Waals surface area (Å²) in [5, 5.41) is 3.82. The molecule has 0 bridgehead atoms. The quantitative estimate of drug-likeness (QED) is 0.776. The number of nitrogens with zero attached hydrogens (tertiary/aromatic N) is 1. The first-order valence-corrected chi connectivity index (χ1v) is 8.90. The van der Waals surface area contributed by atoms with Crippen LogP contribution in [0.25, 0.3) is 10.9 Å². The maximum absolute atomic E-state index is 12.3. The van der Waals surface area contributed by atoms with Crippen molar-refractivity contribution in [3.63, 3.8) is 0 Å². The molecular formula is C17H19Cl2N3O3. The number of aromatic nitrogens is 1. The molecular weight excluding hydrogens is 365 g/mol. The Labute approximate surface area is 155 Å². The third-order valence-electron chi connectivity index (χ3n) is 4.13. The van der Waals surface area contributed by atoms with Crippen LogP contribution < -0.4 is 10.7 Å². The zero-order valence-corrected chi connectivity index (χ0v) is 15.1. The number of hydrogen-bond acceptors (Lipinski definition) is 4. The Bertz CT molecular complexity index is 832. The fourth-order valence-electron chi connectivity index (χ4n) is 2.85. The lowest BCUT2D eigenvalue weighted by molar-refractivity contribution is 0.0374. The number of amides is 1. The van der Waals surface area contributed by atoms with E-state index < -0.39 is 0 Å². The van der Waals surface area contributed by atoms with E-state index in [4.69, 9.17) is 27.9 Å². The molecule has 0 spiro atoms. The number of morpholine rings is 1. The molecule has 1 saturated heterocycles. The predicted octanol–water partition coefficient (Wildman–Crippen LogP) is 2.29. The minimum Gasteiger partial charge on any atom is -0.379 e. The summed E-state index contributed by atoms with van der Waals surface area (Å²) < 4.78 is 5.30. The highest BCUT2D eigenvalue weighted by Gasteiger charge is 2.13. The van der Waals surface area contributed by atoms with Gasteiger partial charge in [-0.05, 0) is 25.1 Å². The summed E-state index contributed by atoms with van der Waals surface area (Å²) in [4.78, 5) is 29.7. The second-order valence-corrected chi connectivity index (χ2v) is 6.76. The molecule has 0 radical (unpaired) electrons. The van der Waals surface area contributed by atoms with Crippen LogP contribution in [0.2, 0.25) is 10.0 Å². The fraction of sp³-hybridized carbons (Fsp3) is 0.412. The van der Waals surface area contributed by atoms with Crippen LogP contribution in [0.3, 0.4) is 0 Å². The van der Waals surface area contributed by atoms with E-state index in [0.29, 0.717) is 22.5 Å². The molecule has 0 unspecified atom stereocenters. The van der Waals surface area contributed by atoms with Crippen molar-refractivity contribution in [3.8, 4) is 0 Å². The van der Waals surface area contributed by atoms with E-state index in [1.165, 1.54) is 12.1 Å². The summed E-state index contributed by atoms with van der Waals surface area (Å²) in [6.07, 6.45) is 0.835. The van der Waals surface area contributed by atoms with Gasteiger partial charge in [-0.15, -0.1) is 0 Å². The van der Waals surface area contributed by atoms with E-state index in [-0.39, 0.29) is 22.1 Å². The summed E-state index contributed by atoms with van der Waals surface area (Å²) in [5.74, 6) is -0.322. The zero-order valence-electron chi connectivity index (χ0n) is 13.6. The summed E-state index contributed by atoms with van der Waals surface area (Å²) >= 11 is 12.0. The number of fused-ring (bicyclic) bond motifs is 1. The van der Waals surface area contributed by atoms with Gasteiger partial charge < -0.3 is 15.0 Å². The van der Waals surface area contributed by atoms with Gasteiger partial charge in [0.1, 0.15) is 5.69 Å². The van der Waals surface area contributed by atoms with Gasteiger partial charge in [-0.1, -0.05) is 23.2 Å². The van der Waals surface area contributed by atoms with Gasteiger partial charge in [-0.2, -0.15) is 0 Å². The first-order chi connectivity index (χ1) is 12.0. The average Bonchev–Trinajstić information content (AvgIpc) is 2.58. The monoisotopic (exact) mass is 383 g/mol. The second kappa shape index (κ2) is 8.19. The molecule has 0 aliphatic carbocycles. The summed E-state index contributed by atoms with van der Waals surface area (Å²) in [6, 6.07) is 4.35. The highest BCUT2D eigenvalue weighted by atomic mass is 35.5. The normalized spacial score (nSPS) is 15.4. The van der Waals surface area contributed by atoms with Gasteiger partial charge in [0.2, 0.25) is 0 Å². The lowest BCUT2D eigenvalue weighted by atomic mass is 10.2. The van der Waals surface area contributed by atoms with Gasteiger partial charge in [-0.25, -0.2) is 0 Å². The van der Waals surface area contributed by atoms with Crippen molar-refractivity contribution in [1.29, 1.82) is 0 Å². The first kappa shape index (κ1) is 18.2. The molecule has 2 aromatic rings. The Balaban J connectivity index is 1.63. The van der Waals surface area contributed by atoms with Gasteiger partial charge in [-0.3, -0.25) is 14.5 Å². The number of halogens is 2. The number of nitrogens with one attached hydrogen (secondary N) is 2. The van der Waals surface area contributed by atoms with Gasteiger partial charge in [0.05, 0.1) is 29.1 Å². The number of pyridine rings is 1. The Morgan fingerprint density at radius 1 is 1.24 bits per heavy atom. The third-order valence-corrected chi connectivity index (χ3v) is 4.65. The van der Waals surface area contributed by atoms with Crippen molar-refractivity contribution in [1.82, 2.24) is 15.2 Å². The number of carbonyl (C=O) groups is 1. The van der Waals surface area contributed by atoms with Gasteiger partial charge in [0.25, 0.3) is 5.91 Å². The van der Waals surface area contributed by atoms with Crippen LogP contribution in [0.1, 0.15) is 16.9 Å². The zero-order chi connectivity index (χ0) is 17.8. The number of rotatable bonds is 5.